The number of aldehydes is 1. The van der Waals surface area contributed by atoms with Crippen molar-refractivity contribution < 1.29 is 22.4 Å². The molecule has 0 spiro atoms. The summed E-state index contributed by atoms with van der Waals surface area (Å²) < 4.78 is 41.7. The lowest BCUT2D eigenvalue weighted by Crippen LogP contribution is -2.40. The molecule has 1 atom stereocenters. The Morgan fingerprint density at radius 1 is 1.21 bits per heavy atom. The van der Waals surface area contributed by atoms with Crippen molar-refractivity contribution in [2.75, 3.05) is 11.3 Å². The molecule has 6 N–H and O–H groups in total. The van der Waals surface area contributed by atoms with Gasteiger partial charge in [0.1, 0.15) is 24.3 Å². The zero-order valence-corrected chi connectivity index (χ0v) is 18.4. The number of hydrogen-bond donors (Lipinski definition) is 4. The van der Waals surface area contributed by atoms with Crippen LogP contribution < -0.4 is 27.1 Å². The molecule has 1 aromatic carbocycles. The molecular weight excluding hydrogens is 455 g/mol. The van der Waals surface area contributed by atoms with Gasteiger partial charge in [0.2, 0.25) is 15.9 Å². The summed E-state index contributed by atoms with van der Waals surface area (Å²) in [5, 5.41) is 2.48. The van der Waals surface area contributed by atoms with Gasteiger partial charge in [0.05, 0.1) is 11.8 Å². The Balaban J connectivity index is 2.03. The molecular formula is C20H25FN6O5S. The van der Waals surface area contributed by atoms with Gasteiger partial charge in [-0.25, -0.2) is 12.8 Å². The Labute approximate surface area is 189 Å². The van der Waals surface area contributed by atoms with Crippen molar-refractivity contribution in [2.24, 2.45) is 16.5 Å². The number of guanidine groups is 1. The van der Waals surface area contributed by atoms with Gasteiger partial charge in [-0.3, -0.25) is 19.3 Å². The molecule has 1 aromatic heterocycles. The third-order valence-corrected chi connectivity index (χ3v) is 5.60. The summed E-state index contributed by atoms with van der Waals surface area (Å²) in [6.45, 7) is -0.156. The summed E-state index contributed by atoms with van der Waals surface area (Å²) >= 11 is 0. The summed E-state index contributed by atoms with van der Waals surface area (Å²) in [6, 6.07) is 7.18. The normalized spacial score (nSPS) is 11.9. The van der Waals surface area contributed by atoms with E-state index in [9.17, 15) is 27.2 Å². The Morgan fingerprint density at radius 3 is 2.61 bits per heavy atom. The van der Waals surface area contributed by atoms with Gasteiger partial charge in [0.15, 0.2) is 5.96 Å². The number of aromatic nitrogens is 1. The van der Waals surface area contributed by atoms with Crippen molar-refractivity contribution in [2.45, 2.75) is 31.2 Å². The second-order valence-corrected chi connectivity index (χ2v) is 8.79. The van der Waals surface area contributed by atoms with Crippen molar-refractivity contribution in [3.05, 3.63) is 64.3 Å². The van der Waals surface area contributed by atoms with Gasteiger partial charge in [-0.15, -0.1) is 0 Å². The number of aliphatic imine (C=N–C) groups is 1. The zero-order valence-electron chi connectivity index (χ0n) is 17.6. The molecule has 0 unspecified atom stereocenters. The highest BCUT2D eigenvalue weighted by atomic mass is 32.2. The van der Waals surface area contributed by atoms with Crippen LogP contribution in [0.2, 0.25) is 0 Å². The standard InChI is InChI=1S/C20H25FN6O5S/c21-16-7-2-1-5-14(16)13-33(31,32)26-17-8-4-10-27(19(17)30)11-18(29)25-15(12-28)6-3-9-24-20(22)23/h1-2,4-5,7-8,10,12,15,26H,3,6,9,11,13H2,(H,25,29)(H4,22,23,24)/t15-/m0/s1. The molecule has 178 valence electrons. The van der Waals surface area contributed by atoms with Crippen LogP contribution in [0.1, 0.15) is 18.4 Å². The number of hydrogen-bond acceptors (Lipinski definition) is 6. The van der Waals surface area contributed by atoms with Crippen LogP contribution >= 0.6 is 0 Å². The van der Waals surface area contributed by atoms with E-state index >= 15 is 0 Å². The lowest BCUT2D eigenvalue weighted by atomic mass is 10.2. The number of carbonyl (C=O) groups excluding carboxylic acids is 2. The average Bonchev–Trinajstić information content (AvgIpc) is 2.74. The van der Waals surface area contributed by atoms with E-state index in [1.165, 1.54) is 36.5 Å². The van der Waals surface area contributed by atoms with Gasteiger partial charge in [-0.1, -0.05) is 18.2 Å². The predicted octanol–water partition coefficient (Wildman–Crippen LogP) is -0.333. The molecule has 33 heavy (non-hydrogen) atoms. The van der Waals surface area contributed by atoms with Gasteiger partial charge in [0, 0.05) is 18.3 Å². The molecule has 2 rings (SSSR count). The quantitative estimate of drug-likeness (QED) is 0.139. The minimum absolute atomic E-state index is 0.0552. The molecule has 0 radical (unpaired) electrons. The maximum Gasteiger partial charge on any atom is 0.275 e. The third-order valence-electron chi connectivity index (χ3n) is 4.38. The molecule has 1 heterocycles. The molecule has 1 amide bonds. The van der Waals surface area contributed by atoms with Crippen LogP contribution in [-0.4, -0.2) is 43.7 Å². The van der Waals surface area contributed by atoms with E-state index in [2.05, 4.69) is 15.0 Å². The van der Waals surface area contributed by atoms with Crippen molar-refractivity contribution in [3.63, 3.8) is 0 Å². The molecule has 0 fully saturated rings. The second-order valence-electron chi connectivity index (χ2n) is 7.07. The largest absolute Gasteiger partial charge is 0.370 e. The van der Waals surface area contributed by atoms with Crippen LogP contribution in [0.25, 0.3) is 0 Å². The Morgan fingerprint density at radius 2 is 1.94 bits per heavy atom. The van der Waals surface area contributed by atoms with E-state index in [4.69, 9.17) is 11.5 Å². The first kappa shape index (κ1) is 25.5. The van der Waals surface area contributed by atoms with Gasteiger partial charge >= 0.3 is 0 Å². The predicted molar refractivity (Wildman–Crippen MR) is 121 cm³/mol. The smallest absolute Gasteiger partial charge is 0.275 e. The monoisotopic (exact) mass is 480 g/mol. The summed E-state index contributed by atoms with van der Waals surface area (Å²) in [5.41, 5.74) is 9.30. The number of nitrogens with two attached hydrogens (primary N) is 2. The lowest BCUT2D eigenvalue weighted by Gasteiger charge is -2.14. The number of pyridine rings is 1. The first-order chi connectivity index (χ1) is 15.6. The fourth-order valence-corrected chi connectivity index (χ4v) is 4.07. The number of sulfonamides is 1. The van der Waals surface area contributed by atoms with Crippen molar-refractivity contribution in [1.82, 2.24) is 9.88 Å². The molecule has 0 bridgehead atoms. The molecule has 0 saturated heterocycles. The van der Waals surface area contributed by atoms with Gasteiger partial charge in [-0.05, 0) is 31.0 Å². The number of amides is 1. The van der Waals surface area contributed by atoms with Crippen LogP contribution in [0, 0.1) is 5.82 Å². The number of halogens is 1. The minimum Gasteiger partial charge on any atom is -0.370 e. The summed E-state index contributed by atoms with van der Waals surface area (Å²) in [7, 11) is -4.10. The number of benzene rings is 1. The highest BCUT2D eigenvalue weighted by Gasteiger charge is 2.18. The molecule has 0 aliphatic rings. The molecule has 0 saturated carbocycles. The number of nitrogens with zero attached hydrogens (tertiary/aromatic N) is 2. The van der Waals surface area contributed by atoms with Crippen LogP contribution in [0.5, 0.6) is 0 Å². The van der Waals surface area contributed by atoms with Crippen molar-refractivity contribution in [3.8, 4) is 0 Å². The van der Waals surface area contributed by atoms with E-state index in [0.29, 0.717) is 12.7 Å². The van der Waals surface area contributed by atoms with Crippen molar-refractivity contribution in [1.29, 1.82) is 0 Å². The fraction of sp³-hybridized carbons (Fsp3) is 0.300. The number of rotatable bonds is 12. The first-order valence-electron chi connectivity index (χ1n) is 9.84. The zero-order chi connectivity index (χ0) is 24.4. The Kier molecular flexibility index (Phi) is 9.09. The SMILES string of the molecule is NC(N)=NCCC[C@@H](C=O)NC(=O)Cn1cccc(NS(=O)(=O)Cc2ccccc2F)c1=O. The van der Waals surface area contributed by atoms with E-state index < -0.39 is 45.6 Å². The number of anilines is 1. The van der Waals surface area contributed by atoms with Gasteiger partial charge in [0.25, 0.3) is 5.56 Å². The van der Waals surface area contributed by atoms with Crippen LogP contribution in [0.15, 0.2) is 52.4 Å². The van der Waals surface area contributed by atoms with E-state index in [-0.39, 0.29) is 30.2 Å². The van der Waals surface area contributed by atoms with Gasteiger partial charge in [-0.2, -0.15) is 0 Å². The minimum atomic E-state index is -4.10. The van der Waals surface area contributed by atoms with Crippen molar-refractivity contribution >= 4 is 33.9 Å². The maximum atomic E-state index is 13.8. The van der Waals surface area contributed by atoms with Crippen LogP contribution in [0.3, 0.4) is 0 Å². The van der Waals surface area contributed by atoms with E-state index in [1.807, 2.05) is 0 Å². The summed E-state index contributed by atoms with van der Waals surface area (Å²) in [5.74, 6) is -2.06. The first-order valence-corrected chi connectivity index (χ1v) is 11.5. The molecule has 11 nitrogen and oxygen atoms in total. The maximum absolute atomic E-state index is 13.8. The lowest BCUT2D eigenvalue weighted by molar-refractivity contribution is -0.124. The third kappa shape index (κ3) is 8.37. The fourth-order valence-electron chi connectivity index (χ4n) is 2.86. The Bertz CT molecular complexity index is 1180. The summed E-state index contributed by atoms with van der Waals surface area (Å²) in [6.07, 6.45) is 2.59. The van der Waals surface area contributed by atoms with Crippen LogP contribution in [0.4, 0.5) is 10.1 Å². The number of carbonyl (C=O) groups is 2. The highest BCUT2D eigenvalue weighted by molar-refractivity contribution is 7.91. The molecule has 0 aliphatic carbocycles. The van der Waals surface area contributed by atoms with Gasteiger partial charge < -0.3 is 26.1 Å². The number of nitrogens with one attached hydrogen (secondary N) is 2. The summed E-state index contributed by atoms with van der Waals surface area (Å²) in [4.78, 5) is 39.9. The highest BCUT2D eigenvalue weighted by Crippen LogP contribution is 2.12. The second kappa shape index (κ2) is 11.8. The van der Waals surface area contributed by atoms with Crippen LogP contribution in [-0.2, 0) is 31.9 Å². The molecule has 2 aromatic rings. The molecule has 0 aliphatic heterocycles. The molecule has 13 heteroatoms. The Hall–Kier alpha value is -3.74. The topological polar surface area (TPSA) is 179 Å². The average molecular weight is 481 g/mol. The van der Waals surface area contributed by atoms with E-state index in [1.54, 1.807) is 0 Å². The van der Waals surface area contributed by atoms with E-state index in [0.717, 1.165) is 10.6 Å².